The van der Waals surface area contributed by atoms with Gasteiger partial charge in [-0.1, -0.05) is 0 Å². The largest absolute Gasteiger partial charge is 0.497 e. The summed E-state index contributed by atoms with van der Waals surface area (Å²) in [6, 6.07) is 7.80. The molecule has 9 heteroatoms. The number of hydrogen-bond acceptors (Lipinski definition) is 6. The fourth-order valence-corrected chi connectivity index (χ4v) is 2.99. The zero-order valence-electron chi connectivity index (χ0n) is 17.2. The Hall–Kier alpha value is -3.62. The van der Waals surface area contributed by atoms with Crippen molar-refractivity contribution >= 4 is 5.91 Å². The number of nitrogens with zero attached hydrogens (tertiary/aromatic N) is 4. The van der Waals surface area contributed by atoms with Crippen LogP contribution in [0, 0.1) is 0 Å². The number of carbonyl (C=O) groups is 1. The molecule has 2 aromatic heterocycles. The van der Waals surface area contributed by atoms with E-state index in [1.165, 1.54) is 17.9 Å². The number of aromatic nitrogens is 4. The fourth-order valence-electron chi connectivity index (χ4n) is 2.99. The number of hydrogen-bond donors (Lipinski definition) is 1. The molecular weight excluding hydrogens is 386 g/mol. The van der Waals surface area contributed by atoms with Gasteiger partial charge in [-0.05, 0) is 37.6 Å². The third kappa shape index (κ3) is 4.86. The minimum Gasteiger partial charge on any atom is -0.497 e. The Morgan fingerprint density at radius 3 is 2.60 bits per heavy atom. The second kappa shape index (κ2) is 9.73. The van der Waals surface area contributed by atoms with E-state index in [4.69, 9.17) is 9.47 Å². The van der Waals surface area contributed by atoms with Gasteiger partial charge in [0, 0.05) is 37.1 Å². The fraction of sp³-hybridized carbons (Fsp3) is 0.333. The third-order valence-corrected chi connectivity index (χ3v) is 4.70. The molecule has 9 nitrogen and oxygen atoms in total. The van der Waals surface area contributed by atoms with E-state index in [-0.39, 0.29) is 5.91 Å². The molecule has 0 unspecified atom stereocenters. The summed E-state index contributed by atoms with van der Waals surface area (Å²) in [5.74, 6) is 0.768. The predicted molar refractivity (Wildman–Crippen MR) is 112 cm³/mol. The second-order valence-corrected chi connectivity index (χ2v) is 6.69. The summed E-state index contributed by atoms with van der Waals surface area (Å²) in [5.41, 5.74) is 0.805. The van der Waals surface area contributed by atoms with Crippen molar-refractivity contribution in [2.45, 2.75) is 25.9 Å². The van der Waals surface area contributed by atoms with Crippen LogP contribution in [0.25, 0.3) is 11.3 Å². The zero-order valence-corrected chi connectivity index (χ0v) is 17.2. The molecule has 0 bridgehead atoms. The number of rotatable bonds is 9. The molecule has 2 heterocycles. The summed E-state index contributed by atoms with van der Waals surface area (Å²) >= 11 is 0. The Kier molecular flexibility index (Phi) is 6.84. The number of methoxy groups -OCH3 is 2. The van der Waals surface area contributed by atoms with Crippen LogP contribution in [0.3, 0.4) is 0 Å². The van der Waals surface area contributed by atoms with Gasteiger partial charge in [0.05, 0.1) is 20.5 Å². The normalized spacial score (nSPS) is 11.7. The molecule has 1 atom stereocenters. The first kappa shape index (κ1) is 21.1. The van der Waals surface area contributed by atoms with Crippen LogP contribution in [0.1, 0.15) is 19.4 Å². The van der Waals surface area contributed by atoms with Gasteiger partial charge in [-0.25, -0.2) is 9.67 Å². The maximum Gasteiger partial charge on any atom is 0.271 e. The van der Waals surface area contributed by atoms with Gasteiger partial charge in [0.25, 0.3) is 5.56 Å². The van der Waals surface area contributed by atoms with Gasteiger partial charge < -0.3 is 19.4 Å². The second-order valence-electron chi connectivity index (χ2n) is 6.69. The standard InChI is InChI=1S/C21H25N5O4/c1-15(21(28)23-9-4-11-25-12-10-22-14-25)26-19(27)13-18(30-3)20(24-26)16-5-7-17(29-2)8-6-16/h5-8,10,12-15H,4,9,11H2,1-3H3,(H,23,28)/t15-/m0/s1. The number of carbonyl (C=O) groups excluding carboxylic acids is 1. The molecule has 0 aliphatic carbocycles. The molecule has 158 valence electrons. The van der Waals surface area contributed by atoms with E-state index < -0.39 is 11.6 Å². The van der Waals surface area contributed by atoms with Crippen molar-refractivity contribution in [3.63, 3.8) is 0 Å². The summed E-state index contributed by atoms with van der Waals surface area (Å²) in [7, 11) is 3.06. The van der Waals surface area contributed by atoms with E-state index in [1.807, 2.05) is 22.9 Å². The van der Waals surface area contributed by atoms with Crippen molar-refractivity contribution in [3.05, 3.63) is 59.4 Å². The van der Waals surface area contributed by atoms with Crippen LogP contribution in [-0.4, -0.2) is 46.0 Å². The van der Waals surface area contributed by atoms with E-state index >= 15 is 0 Å². The Balaban J connectivity index is 1.74. The van der Waals surface area contributed by atoms with Crippen LogP contribution in [0.4, 0.5) is 0 Å². The van der Waals surface area contributed by atoms with E-state index in [2.05, 4.69) is 15.4 Å². The third-order valence-electron chi connectivity index (χ3n) is 4.70. The molecule has 0 radical (unpaired) electrons. The predicted octanol–water partition coefficient (Wildman–Crippen LogP) is 1.89. The summed E-state index contributed by atoms with van der Waals surface area (Å²) in [6.45, 7) is 2.87. The lowest BCUT2D eigenvalue weighted by Crippen LogP contribution is -2.37. The van der Waals surface area contributed by atoms with Gasteiger partial charge in [-0.3, -0.25) is 9.59 Å². The highest BCUT2D eigenvalue weighted by Crippen LogP contribution is 2.28. The first-order valence-corrected chi connectivity index (χ1v) is 9.59. The molecule has 30 heavy (non-hydrogen) atoms. The van der Waals surface area contributed by atoms with Crippen molar-refractivity contribution < 1.29 is 14.3 Å². The van der Waals surface area contributed by atoms with Crippen molar-refractivity contribution in [1.82, 2.24) is 24.6 Å². The number of aryl methyl sites for hydroxylation is 1. The number of imidazole rings is 1. The Labute approximate surface area is 174 Å². The van der Waals surface area contributed by atoms with Crippen LogP contribution in [0.2, 0.25) is 0 Å². The average molecular weight is 411 g/mol. The molecule has 1 amide bonds. The van der Waals surface area contributed by atoms with E-state index in [0.717, 1.165) is 18.5 Å². The topological polar surface area (TPSA) is 100 Å². The smallest absolute Gasteiger partial charge is 0.271 e. The van der Waals surface area contributed by atoms with Gasteiger partial charge in [0.2, 0.25) is 5.91 Å². The lowest BCUT2D eigenvalue weighted by Gasteiger charge is -2.17. The molecule has 0 aliphatic heterocycles. The number of amides is 1. The lowest BCUT2D eigenvalue weighted by molar-refractivity contribution is -0.124. The summed E-state index contributed by atoms with van der Waals surface area (Å²) in [6.07, 6.45) is 6.05. The molecule has 3 aromatic rings. The molecular formula is C21H25N5O4. The number of benzene rings is 1. The number of ether oxygens (including phenoxy) is 2. The Morgan fingerprint density at radius 2 is 1.97 bits per heavy atom. The average Bonchev–Trinajstić information content (AvgIpc) is 3.29. The van der Waals surface area contributed by atoms with Crippen molar-refractivity contribution in [3.8, 4) is 22.8 Å². The van der Waals surface area contributed by atoms with E-state index in [1.54, 1.807) is 38.7 Å². The first-order chi connectivity index (χ1) is 14.5. The van der Waals surface area contributed by atoms with Gasteiger partial charge in [0.1, 0.15) is 17.5 Å². The molecule has 0 saturated carbocycles. The van der Waals surface area contributed by atoms with Gasteiger partial charge in [0.15, 0.2) is 5.75 Å². The van der Waals surface area contributed by atoms with Crippen LogP contribution in [0.5, 0.6) is 11.5 Å². The van der Waals surface area contributed by atoms with Crippen molar-refractivity contribution in [2.24, 2.45) is 0 Å². The quantitative estimate of drug-likeness (QED) is 0.540. The maximum absolute atomic E-state index is 12.6. The maximum atomic E-state index is 12.6. The molecule has 1 N–H and O–H groups in total. The van der Waals surface area contributed by atoms with Gasteiger partial charge in [-0.15, -0.1) is 0 Å². The molecule has 3 rings (SSSR count). The Bertz CT molecular complexity index is 1030. The zero-order chi connectivity index (χ0) is 21.5. The summed E-state index contributed by atoms with van der Waals surface area (Å²) < 4.78 is 13.6. The summed E-state index contributed by atoms with van der Waals surface area (Å²) in [4.78, 5) is 29.1. The van der Waals surface area contributed by atoms with Crippen molar-refractivity contribution in [1.29, 1.82) is 0 Å². The van der Waals surface area contributed by atoms with E-state index in [0.29, 0.717) is 23.7 Å². The SMILES string of the molecule is COc1ccc(-c2nn([C@@H](C)C(=O)NCCCn3ccnc3)c(=O)cc2OC)cc1. The highest BCUT2D eigenvalue weighted by molar-refractivity contribution is 5.79. The van der Waals surface area contributed by atoms with Crippen LogP contribution >= 0.6 is 0 Å². The first-order valence-electron chi connectivity index (χ1n) is 9.59. The molecule has 1 aromatic carbocycles. The van der Waals surface area contributed by atoms with Gasteiger partial charge >= 0.3 is 0 Å². The number of nitrogens with one attached hydrogen (secondary N) is 1. The minimum absolute atomic E-state index is 0.277. The Morgan fingerprint density at radius 1 is 1.20 bits per heavy atom. The highest BCUT2D eigenvalue weighted by Gasteiger charge is 2.20. The van der Waals surface area contributed by atoms with Crippen LogP contribution < -0.4 is 20.3 Å². The molecule has 0 spiro atoms. The molecule has 0 aliphatic rings. The van der Waals surface area contributed by atoms with Gasteiger partial charge in [-0.2, -0.15) is 5.10 Å². The minimum atomic E-state index is -0.770. The van der Waals surface area contributed by atoms with Crippen LogP contribution in [0.15, 0.2) is 53.8 Å². The van der Waals surface area contributed by atoms with Crippen LogP contribution in [-0.2, 0) is 11.3 Å². The van der Waals surface area contributed by atoms with Crippen molar-refractivity contribution in [2.75, 3.05) is 20.8 Å². The highest BCUT2D eigenvalue weighted by atomic mass is 16.5. The summed E-state index contributed by atoms with van der Waals surface area (Å²) in [5, 5.41) is 7.28. The lowest BCUT2D eigenvalue weighted by atomic mass is 10.1. The molecule has 0 saturated heterocycles. The molecule has 0 fully saturated rings. The monoisotopic (exact) mass is 411 g/mol. The van der Waals surface area contributed by atoms with E-state index in [9.17, 15) is 9.59 Å².